The molecule has 1 aromatic carbocycles. The Bertz CT molecular complexity index is 604. The van der Waals surface area contributed by atoms with Gasteiger partial charge >= 0.3 is 6.01 Å². The van der Waals surface area contributed by atoms with Crippen molar-refractivity contribution in [2.24, 2.45) is 0 Å². The maximum atomic E-state index is 13.7. The fourth-order valence-corrected chi connectivity index (χ4v) is 1.74. The number of aromatic nitrogens is 3. The van der Waals surface area contributed by atoms with Crippen molar-refractivity contribution in [2.75, 3.05) is 5.32 Å². The minimum absolute atomic E-state index is 0.0488. The molecule has 2 aromatic rings. The molecule has 0 amide bonds. The van der Waals surface area contributed by atoms with Gasteiger partial charge in [-0.3, -0.25) is 0 Å². The molecule has 0 fully saturated rings. The molecule has 0 unspecified atom stereocenters. The fourth-order valence-electron chi connectivity index (χ4n) is 1.38. The highest BCUT2D eigenvalue weighted by atomic mass is 35.5. The average molecular weight is 317 g/mol. The number of hydrogen-bond donors (Lipinski definition) is 1. The van der Waals surface area contributed by atoms with E-state index < -0.39 is 5.82 Å². The second-order valence-corrected chi connectivity index (χ2v) is 4.84. The lowest BCUT2D eigenvalue weighted by Crippen LogP contribution is -2.10. The van der Waals surface area contributed by atoms with Crippen molar-refractivity contribution in [3.63, 3.8) is 0 Å². The topological polar surface area (TPSA) is 59.9 Å². The van der Waals surface area contributed by atoms with Crippen LogP contribution < -0.4 is 10.1 Å². The zero-order valence-electron chi connectivity index (χ0n) is 10.7. The summed E-state index contributed by atoms with van der Waals surface area (Å²) in [7, 11) is 0. The van der Waals surface area contributed by atoms with Gasteiger partial charge in [-0.1, -0.05) is 17.7 Å². The smallest absolute Gasteiger partial charge is 0.322 e. The molecular formula is C12H11Cl2FN4O. The Morgan fingerprint density at radius 1 is 1.20 bits per heavy atom. The van der Waals surface area contributed by atoms with Crippen molar-refractivity contribution in [2.45, 2.75) is 20.0 Å². The lowest BCUT2D eigenvalue weighted by Gasteiger charge is -2.11. The molecule has 0 aliphatic carbocycles. The van der Waals surface area contributed by atoms with Gasteiger partial charge in [0.25, 0.3) is 0 Å². The molecule has 0 saturated carbocycles. The summed E-state index contributed by atoms with van der Waals surface area (Å²) in [5, 5.41) is 2.80. The molecule has 0 aliphatic rings. The molecule has 0 aliphatic heterocycles. The van der Waals surface area contributed by atoms with Crippen molar-refractivity contribution in [1.29, 1.82) is 0 Å². The van der Waals surface area contributed by atoms with E-state index in [1.54, 1.807) is 6.07 Å². The van der Waals surface area contributed by atoms with Crippen LogP contribution in [0.1, 0.15) is 13.8 Å². The van der Waals surface area contributed by atoms with Gasteiger partial charge in [0.05, 0.1) is 16.8 Å². The zero-order chi connectivity index (χ0) is 14.7. The number of para-hydroxylation sites is 1. The summed E-state index contributed by atoms with van der Waals surface area (Å²) in [6.45, 7) is 3.64. The van der Waals surface area contributed by atoms with Crippen LogP contribution in [0, 0.1) is 5.82 Å². The van der Waals surface area contributed by atoms with E-state index in [4.69, 9.17) is 27.9 Å². The van der Waals surface area contributed by atoms with Crippen LogP contribution in [0.3, 0.4) is 0 Å². The summed E-state index contributed by atoms with van der Waals surface area (Å²) in [5.74, 6) is -0.479. The van der Waals surface area contributed by atoms with Gasteiger partial charge in [-0.2, -0.15) is 15.0 Å². The SMILES string of the molecule is CC(C)Oc1nc(Cl)nc(Nc2c(F)cccc2Cl)n1. The Balaban J connectivity index is 2.31. The summed E-state index contributed by atoms with van der Waals surface area (Å²) in [5.41, 5.74) is 0.0620. The molecule has 0 bridgehead atoms. The number of nitrogens with zero attached hydrogens (tertiary/aromatic N) is 3. The molecule has 0 atom stereocenters. The van der Waals surface area contributed by atoms with Crippen LogP contribution >= 0.6 is 23.2 Å². The Hall–Kier alpha value is -1.66. The van der Waals surface area contributed by atoms with Crippen molar-refractivity contribution in [3.8, 4) is 6.01 Å². The van der Waals surface area contributed by atoms with E-state index in [1.807, 2.05) is 13.8 Å². The Labute approximate surface area is 125 Å². The molecule has 2 rings (SSSR count). The zero-order valence-corrected chi connectivity index (χ0v) is 12.2. The molecule has 0 radical (unpaired) electrons. The van der Waals surface area contributed by atoms with Crippen molar-refractivity contribution >= 4 is 34.8 Å². The highest BCUT2D eigenvalue weighted by Crippen LogP contribution is 2.27. The van der Waals surface area contributed by atoms with E-state index in [-0.39, 0.29) is 34.1 Å². The minimum Gasteiger partial charge on any atom is -0.461 e. The molecule has 1 aromatic heterocycles. The first-order valence-electron chi connectivity index (χ1n) is 5.75. The van der Waals surface area contributed by atoms with Crippen LogP contribution in [0.15, 0.2) is 18.2 Å². The lowest BCUT2D eigenvalue weighted by molar-refractivity contribution is 0.222. The fraction of sp³-hybridized carbons (Fsp3) is 0.250. The first-order chi connectivity index (χ1) is 9.45. The van der Waals surface area contributed by atoms with Crippen LogP contribution in [-0.4, -0.2) is 21.1 Å². The molecule has 5 nitrogen and oxygen atoms in total. The predicted molar refractivity (Wildman–Crippen MR) is 75.3 cm³/mol. The minimum atomic E-state index is -0.527. The highest BCUT2D eigenvalue weighted by Gasteiger charge is 2.12. The normalized spacial score (nSPS) is 10.7. The first-order valence-corrected chi connectivity index (χ1v) is 6.50. The highest BCUT2D eigenvalue weighted by molar-refractivity contribution is 6.33. The number of nitrogens with one attached hydrogen (secondary N) is 1. The standard InChI is InChI=1S/C12H11Cl2FN4O/c1-6(2)20-12-18-10(14)17-11(19-12)16-9-7(13)4-3-5-8(9)15/h3-6H,1-2H3,(H,16,17,18,19). The number of anilines is 2. The Morgan fingerprint density at radius 2 is 1.95 bits per heavy atom. The van der Waals surface area contributed by atoms with E-state index in [2.05, 4.69) is 20.3 Å². The number of benzene rings is 1. The number of halogens is 3. The van der Waals surface area contributed by atoms with Gasteiger partial charge in [-0.25, -0.2) is 4.39 Å². The molecule has 106 valence electrons. The summed E-state index contributed by atoms with van der Waals surface area (Å²) in [6.07, 6.45) is -0.127. The summed E-state index contributed by atoms with van der Waals surface area (Å²) < 4.78 is 19.0. The number of ether oxygens (including phenoxy) is 1. The third-order valence-corrected chi connectivity index (χ3v) is 2.61. The third-order valence-electron chi connectivity index (χ3n) is 2.13. The summed E-state index contributed by atoms with van der Waals surface area (Å²) >= 11 is 11.7. The van der Waals surface area contributed by atoms with Gasteiger partial charge in [-0.05, 0) is 37.6 Å². The molecule has 0 saturated heterocycles. The first kappa shape index (κ1) is 14.7. The van der Waals surface area contributed by atoms with E-state index in [0.717, 1.165) is 0 Å². The molecule has 0 spiro atoms. The molecule has 1 N–H and O–H groups in total. The van der Waals surface area contributed by atoms with Gasteiger partial charge in [0.2, 0.25) is 11.2 Å². The lowest BCUT2D eigenvalue weighted by atomic mass is 10.3. The summed E-state index contributed by atoms with van der Waals surface area (Å²) in [4.78, 5) is 11.6. The van der Waals surface area contributed by atoms with Gasteiger partial charge in [0, 0.05) is 0 Å². The maximum Gasteiger partial charge on any atom is 0.322 e. The van der Waals surface area contributed by atoms with Gasteiger partial charge in [0.1, 0.15) is 5.82 Å². The monoisotopic (exact) mass is 316 g/mol. The van der Waals surface area contributed by atoms with E-state index in [9.17, 15) is 4.39 Å². The van der Waals surface area contributed by atoms with E-state index >= 15 is 0 Å². The quantitative estimate of drug-likeness (QED) is 0.928. The third kappa shape index (κ3) is 3.68. The van der Waals surface area contributed by atoms with Crippen LogP contribution in [0.5, 0.6) is 6.01 Å². The van der Waals surface area contributed by atoms with Crippen molar-refractivity contribution in [1.82, 2.24) is 15.0 Å². The van der Waals surface area contributed by atoms with Gasteiger partial charge in [-0.15, -0.1) is 0 Å². The van der Waals surface area contributed by atoms with Crippen molar-refractivity contribution < 1.29 is 9.13 Å². The Morgan fingerprint density at radius 3 is 2.60 bits per heavy atom. The maximum absolute atomic E-state index is 13.7. The van der Waals surface area contributed by atoms with Gasteiger partial charge in [0.15, 0.2) is 0 Å². The van der Waals surface area contributed by atoms with Crippen LogP contribution in [0.2, 0.25) is 10.3 Å². The van der Waals surface area contributed by atoms with Gasteiger partial charge < -0.3 is 10.1 Å². The Kier molecular flexibility index (Phi) is 4.57. The van der Waals surface area contributed by atoms with E-state index in [1.165, 1.54) is 12.1 Å². The van der Waals surface area contributed by atoms with Crippen LogP contribution in [0.4, 0.5) is 16.0 Å². The second kappa shape index (κ2) is 6.19. The average Bonchev–Trinajstić information content (AvgIpc) is 2.32. The van der Waals surface area contributed by atoms with Crippen molar-refractivity contribution in [3.05, 3.63) is 34.3 Å². The predicted octanol–water partition coefficient (Wildman–Crippen LogP) is 3.85. The molecular weight excluding hydrogens is 306 g/mol. The second-order valence-electron chi connectivity index (χ2n) is 4.10. The van der Waals surface area contributed by atoms with Crippen LogP contribution in [-0.2, 0) is 0 Å². The summed E-state index contributed by atoms with van der Waals surface area (Å²) in [6, 6.07) is 4.36. The van der Waals surface area contributed by atoms with Crippen LogP contribution in [0.25, 0.3) is 0 Å². The largest absolute Gasteiger partial charge is 0.461 e. The van der Waals surface area contributed by atoms with E-state index in [0.29, 0.717) is 0 Å². The number of hydrogen-bond acceptors (Lipinski definition) is 5. The molecule has 1 heterocycles. The number of rotatable bonds is 4. The molecule has 20 heavy (non-hydrogen) atoms. The molecule has 8 heteroatoms.